The molecular weight excluding hydrogens is 859 g/mol. The quantitative estimate of drug-likeness (QED) is 0.0743. The maximum Gasteiger partial charge on any atom is 0.412 e. The monoisotopic (exact) mass is 905 g/mol. The molecule has 1 atom stereocenters. The third-order valence-corrected chi connectivity index (χ3v) is 12.5. The number of aromatic nitrogens is 5. The van der Waals surface area contributed by atoms with Gasteiger partial charge in [-0.05, 0) is 115 Å². The number of anilines is 1. The van der Waals surface area contributed by atoms with Crippen molar-refractivity contribution in [1.29, 1.82) is 0 Å². The van der Waals surface area contributed by atoms with Crippen LogP contribution < -0.4 is 20.5 Å². The van der Waals surface area contributed by atoms with Crippen LogP contribution in [-0.2, 0) is 41.2 Å². The first-order chi connectivity index (χ1) is 32.1. The second-order valence-electron chi connectivity index (χ2n) is 16.8. The number of pyridine rings is 2. The largest absolute Gasteiger partial charge is 0.508 e. The van der Waals surface area contributed by atoms with Gasteiger partial charge < -0.3 is 39.8 Å². The first-order valence-corrected chi connectivity index (χ1v) is 22.0. The highest BCUT2D eigenvalue weighted by atomic mass is 16.6. The molecular formula is C50H47N7O10. The summed E-state index contributed by atoms with van der Waals surface area (Å²) in [7, 11) is 0. The number of aryl methyl sites for hydroxylation is 1. The Kier molecular flexibility index (Phi) is 11.2. The fraction of sp³-hybridized carbons (Fsp3) is 0.260. The van der Waals surface area contributed by atoms with E-state index in [0.29, 0.717) is 63.9 Å². The average Bonchev–Trinajstić information content (AvgIpc) is 3.92. The van der Waals surface area contributed by atoms with Crippen molar-refractivity contribution < 1.29 is 44.3 Å². The van der Waals surface area contributed by atoms with E-state index in [4.69, 9.17) is 14.5 Å². The number of esters is 1. The molecule has 3 aromatic heterocycles. The molecule has 2 aliphatic heterocycles. The van der Waals surface area contributed by atoms with E-state index in [1.807, 2.05) is 39.0 Å². The minimum absolute atomic E-state index is 0.0111. The zero-order valence-electron chi connectivity index (χ0n) is 37.3. The predicted molar refractivity (Wildman–Crippen MR) is 247 cm³/mol. The number of phenols is 2. The molecule has 0 aliphatic carbocycles. The molecule has 0 spiro atoms. The number of nitrogens with zero attached hydrogens (tertiary/aromatic N) is 6. The number of amides is 2. The number of aliphatic hydroxyl groups is 1. The van der Waals surface area contributed by atoms with Crippen molar-refractivity contribution in [3.05, 3.63) is 134 Å². The lowest BCUT2D eigenvalue weighted by molar-refractivity contribution is -0.172. The van der Waals surface area contributed by atoms with E-state index in [1.54, 1.807) is 79.1 Å². The van der Waals surface area contributed by atoms with Gasteiger partial charge in [0.25, 0.3) is 11.5 Å². The van der Waals surface area contributed by atoms with Crippen molar-refractivity contribution in [2.75, 3.05) is 11.4 Å². The fourth-order valence-corrected chi connectivity index (χ4v) is 8.98. The smallest absolute Gasteiger partial charge is 0.412 e. The van der Waals surface area contributed by atoms with Crippen LogP contribution in [0.15, 0.2) is 89.7 Å². The Labute approximate surface area is 383 Å². The van der Waals surface area contributed by atoms with Gasteiger partial charge in [0, 0.05) is 40.5 Å². The predicted octanol–water partition coefficient (Wildman–Crippen LogP) is 7.65. The van der Waals surface area contributed by atoms with Crippen LogP contribution in [-0.4, -0.2) is 69.3 Å². The van der Waals surface area contributed by atoms with Crippen LogP contribution in [0, 0.1) is 0 Å². The van der Waals surface area contributed by atoms with Gasteiger partial charge in [0.05, 0.1) is 41.1 Å². The molecule has 4 aromatic carbocycles. The lowest BCUT2D eigenvalue weighted by Crippen LogP contribution is -2.44. The Hall–Kier alpha value is -8.05. The summed E-state index contributed by atoms with van der Waals surface area (Å²) < 4.78 is 14.5. The highest BCUT2D eigenvalue weighted by Crippen LogP contribution is 2.42. The van der Waals surface area contributed by atoms with Gasteiger partial charge in [-0.15, -0.1) is 10.2 Å². The van der Waals surface area contributed by atoms with E-state index >= 15 is 0 Å². The van der Waals surface area contributed by atoms with Crippen molar-refractivity contribution in [3.8, 4) is 51.5 Å². The Morgan fingerprint density at radius 2 is 1.63 bits per heavy atom. The summed E-state index contributed by atoms with van der Waals surface area (Å²) in [6, 6.07) is 23.6. The molecule has 0 unspecified atom stereocenters. The number of phenolic OH excluding ortho intramolecular Hbond substituents is 2. The van der Waals surface area contributed by atoms with Crippen LogP contribution in [0.5, 0.6) is 23.0 Å². The number of nitrogens with one attached hydrogen (secondary N) is 1. The number of hydrogen-bond acceptors (Lipinski definition) is 12. The average molecular weight is 906 g/mol. The van der Waals surface area contributed by atoms with E-state index in [2.05, 4.69) is 15.5 Å². The van der Waals surface area contributed by atoms with Crippen LogP contribution in [0.4, 0.5) is 10.5 Å². The molecule has 17 heteroatoms. The Morgan fingerprint density at radius 3 is 2.28 bits per heavy atom. The molecule has 342 valence electrons. The summed E-state index contributed by atoms with van der Waals surface area (Å²) in [4.78, 5) is 58.5. The van der Waals surface area contributed by atoms with Crippen molar-refractivity contribution >= 4 is 34.6 Å². The van der Waals surface area contributed by atoms with E-state index in [-0.39, 0.29) is 77.4 Å². The number of hydrogen-bond donors (Lipinski definition) is 5. The zero-order valence-corrected chi connectivity index (χ0v) is 37.3. The lowest BCUT2D eigenvalue weighted by Gasteiger charge is -2.31. The van der Waals surface area contributed by atoms with Gasteiger partial charge in [0.15, 0.2) is 11.4 Å². The fourth-order valence-electron chi connectivity index (χ4n) is 8.98. The van der Waals surface area contributed by atoms with Crippen LogP contribution in [0.2, 0.25) is 0 Å². The molecule has 0 fully saturated rings. The molecule has 5 heterocycles. The number of cyclic esters (lactones) is 1. The molecule has 0 bridgehead atoms. The van der Waals surface area contributed by atoms with Crippen LogP contribution >= 0.6 is 0 Å². The first kappa shape index (κ1) is 44.2. The molecule has 17 nitrogen and oxygen atoms in total. The zero-order chi connectivity index (χ0) is 47.5. The molecule has 5 N–H and O–H groups in total. The normalized spacial score (nSPS) is 14.9. The molecule has 2 amide bonds. The summed E-state index contributed by atoms with van der Waals surface area (Å²) in [5, 5.41) is 55.1. The highest BCUT2D eigenvalue weighted by Gasteiger charge is 2.45. The summed E-state index contributed by atoms with van der Waals surface area (Å²) in [6.07, 6.45) is -0.525. The number of rotatable bonds is 12. The van der Waals surface area contributed by atoms with Crippen LogP contribution in [0.3, 0.4) is 0 Å². The Balaban J connectivity index is 0.958. The molecule has 2 aliphatic rings. The SMILES string of the molecule is CCNC(=O)c1nnc(-c2cc(C(C)C)c(O)cc2O)n1-c1ccc(Oc2ccc(N(Cc3ccc4nc5c(c(CC)c4c3)Cn3c-5cc4c(c3=O)COC(=O)[C@]4(O)CC)C(=O)O)cc2)cc1. The van der Waals surface area contributed by atoms with E-state index in [9.17, 15) is 39.6 Å². The summed E-state index contributed by atoms with van der Waals surface area (Å²) >= 11 is 0. The second-order valence-corrected chi connectivity index (χ2v) is 16.8. The van der Waals surface area contributed by atoms with Gasteiger partial charge >= 0.3 is 12.1 Å². The van der Waals surface area contributed by atoms with Gasteiger partial charge in [-0.1, -0.05) is 33.8 Å². The minimum Gasteiger partial charge on any atom is -0.508 e. The van der Waals surface area contributed by atoms with Gasteiger partial charge in [-0.25, -0.2) is 14.6 Å². The number of carboxylic acid groups (broad SMARTS) is 1. The van der Waals surface area contributed by atoms with Gasteiger partial charge in [-0.3, -0.25) is 19.1 Å². The number of aromatic hydroxyl groups is 2. The number of ether oxygens (including phenoxy) is 2. The topological polar surface area (TPSA) is 231 Å². The highest BCUT2D eigenvalue weighted by molar-refractivity contribution is 5.93. The molecule has 0 radical (unpaired) electrons. The Bertz CT molecular complexity index is 3220. The minimum atomic E-state index is -1.93. The van der Waals surface area contributed by atoms with E-state index in [0.717, 1.165) is 16.5 Å². The van der Waals surface area contributed by atoms with Crippen molar-refractivity contribution in [2.45, 2.75) is 78.7 Å². The standard InChI is InChI=1S/C50H47N7O10/c1-6-32-34-19-27(9-18-39(34)52-43-36(32)24-56-40(43)21-38-37(47(56)61)25-66-48(62)50(38,65)7-2)23-55(49(63)64)28-10-14-30(15-11-28)67-31-16-12-29(13-17-31)57-44(53-54-45(57)46(60)51-8-3)35-20-33(26(4)5)41(58)22-42(35)59/h9-22,26,58-59,65H,6-8,23-25H2,1-5H3,(H,51,60)(H,63,64)/t50-/m0/s1. The first-order valence-electron chi connectivity index (χ1n) is 22.0. The number of carbonyl (C=O) groups is 3. The number of carbonyl (C=O) groups excluding carboxylic acids is 2. The van der Waals surface area contributed by atoms with Crippen molar-refractivity contribution in [3.63, 3.8) is 0 Å². The number of benzene rings is 4. The summed E-state index contributed by atoms with van der Waals surface area (Å²) in [6.45, 7) is 9.66. The van der Waals surface area contributed by atoms with Crippen molar-refractivity contribution in [2.24, 2.45) is 0 Å². The van der Waals surface area contributed by atoms with E-state index in [1.165, 1.54) is 15.5 Å². The molecule has 9 rings (SSSR count). The molecule has 0 saturated heterocycles. The van der Waals surface area contributed by atoms with Crippen LogP contribution in [0.25, 0.3) is 39.4 Å². The maximum absolute atomic E-state index is 13.8. The van der Waals surface area contributed by atoms with Crippen LogP contribution in [0.1, 0.15) is 91.0 Å². The maximum atomic E-state index is 13.8. The Morgan fingerprint density at radius 1 is 0.910 bits per heavy atom. The van der Waals surface area contributed by atoms with E-state index < -0.39 is 23.6 Å². The molecule has 67 heavy (non-hydrogen) atoms. The van der Waals surface area contributed by atoms with Gasteiger partial charge in [0.2, 0.25) is 5.82 Å². The third kappa shape index (κ3) is 7.56. The van der Waals surface area contributed by atoms with Gasteiger partial charge in [0.1, 0.15) is 29.6 Å². The molecule has 0 saturated carbocycles. The van der Waals surface area contributed by atoms with Gasteiger partial charge in [-0.2, -0.15) is 0 Å². The summed E-state index contributed by atoms with van der Waals surface area (Å²) in [5.74, 6) is -0.576. The number of fused-ring (bicyclic) bond motifs is 5. The summed E-state index contributed by atoms with van der Waals surface area (Å²) in [5.41, 5.74) is 4.27. The lowest BCUT2D eigenvalue weighted by atomic mass is 9.86. The second kappa shape index (κ2) is 17.1. The van der Waals surface area contributed by atoms with Crippen molar-refractivity contribution in [1.82, 2.24) is 29.6 Å². The molecule has 7 aromatic rings. The third-order valence-electron chi connectivity index (χ3n) is 12.5.